The van der Waals surface area contributed by atoms with Crippen LogP contribution in [0.15, 0.2) is 17.0 Å². The van der Waals surface area contributed by atoms with Crippen LogP contribution in [-0.2, 0) is 0 Å². The second-order valence-corrected chi connectivity index (χ2v) is 3.10. The normalized spacial score (nSPS) is 9.31. The van der Waals surface area contributed by atoms with Gasteiger partial charge in [0, 0.05) is 10.5 Å². The lowest BCUT2D eigenvalue weighted by atomic mass is 10.1. The first kappa shape index (κ1) is 9.69. The first-order valence-electron chi connectivity index (χ1n) is 3.59. The van der Waals surface area contributed by atoms with Crippen LogP contribution in [0.3, 0.4) is 0 Å². The van der Waals surface area contributed by atoms with E-state index in [1.807, 2.05) is 6.92 Å². The molecule has 0 unspecified atom stereocenters. The number of carboxylic acid groups (broad SMARTS) is 1. The van der Waals surface area contributed by atoms with Crippen molar-refractivity contribution < 1.29 is 9.90 Å². The number of aromatic carboxylic acids is 1. The van der Waals surface area contributed by atoms with E-state index in [0.717, 1.165) is 5.56 Å². The Bertz CT molecular complexity index is 402. The molecule has 0 bridgehead atoms. The summed E-state index contributed by atoms with van der Waals surface area (Å²) in [5.41, 5.74) is 1.57. The minimum atomic E-state index is -0.994. The largest absolute Gasteiger partial charge is 0.478 e. The molecule has 1 aromatic rings. The van der Waals surface area contributed by atoms with Gasteiger partial charge in [-0.05, 0) is 24.6 Å². The van der Waals surface area contributed by atoms with Gasteiger partial charge in [-0.1, -0.05) is 5.92 Å². The Hall–Kier alpha value is -1.40. The zero-order valence-electron chi connectivity index (χ0n) is 7.03. The summed E-state index contributed by atoms with van der Waals surface area (Å²) in [6.45, 7) is 1.81. The van der Waals surface area contributed by atoms with Crippen LogP contribution in [0.2, 0.25) is 0 Å². The summed E-state index contributed by atoms with van der Waals surface area (Å²) in [7, 11) is 0. The Kier molecular flexibility index (Phi) is 2.64. The molecule has 1 N–H and O–H groups in total. The molecular weight excluding hydrogens is 184 g/mol. The third kappa shape index (κ3) is 1.85. The first-order valence-corrected chi connectivity index (χ1v) is 4.04. The highest BCUT2D eigenvalue weighted by atomic mass is 32.1. The van der Waals surface area contributed by atoms with Gasteiger partial charge in [0.05, 0.1) is 5.56 Å². The summed E-state index contributed by atoms with van der Waals surface area (Å²) in [6.07, 6.45) is 5.21. The van der Waals surface area contributed by atoms with Gasteiger partial charge in [-0.2, -0.15) is 0 Å². The van der Waals surface area contributed by atoms with E-state index in [0.29, 0.717) is 10.5 Å². The lowest BCUT2D eigenvalue weighted by Crippen LogP contribution is -1.98. The fourth-order valence-corrected chi connectivity index (χ4v) is 1.23. The van der Waals surface area contributed by atoms with Crippen LogP contribution in [-0.4, -0.2) is 11.1 Å². The summed E-state index contributed by atoms with van der Waals surface area (Å²) in [6, 6.07) is 2.96. The van der Waals surface area contributed by atoms with Crippen LogP contribution < -0.4 is 0 Å². The molecule has 1 aromatic carbocycles. The van der Waals surface area contributed by atoms with E-state index in [-0.39, 0.29) is 5.56 Å². The van der Waals surface area contributed by atoms with Crippen LogP contribution in [0, 0.1) is 19.3 Å². The zero-order chi connectivity index (χ0) is 10.0. The van der Waals surface area contributed by atoms with Gasteiger partial charge in [0.2, 0.25) is 0 Å². The molecule has 0 radical (unpaired) electrons. The summed E-state index contributed by atoms with van der Waals surface area (Å²) in [5, 5.41) is 8.72. The number of rotatable bonds is 1. The third-order valence-corrected chi connectivity index (χ3v) is 2.25. The minimum absolute atomic E-state index is 0.170. The highest BCUT2D eigenvalue weighted by molar-refractivity contribution is 7.80. The Labute approximate surface area is 82.0 Å². The van der Waals surface area contributed by atoms with Crippen molar-refractivity contribution >= 4 is 18.6 Å². The molecular formula is C10H8O2S. The average molecular weight is 192 g/mol. The van der Waals surface area contributed by atoms with Gasteiger partial charge in [-0.3, -0.25) is 0 Å². The summed E-state index contributed by atoms with van der Waals surface area (Å²) in [4.78, 5) is 11.2. The maximum atomic E-state index is 10.6. The van der Waals surface area contributed by atoms with Gasteiger partial charge in [0.1, 0.15) is 0 Å². The van der Waals surface area contributed by atoms with Gasteiger partial charge in [0.25, 0.3) is 0 Å². The molecule has 0 saturated heterocycles. The number of hydrogen-bond donors (Lipinski definition) is 2. The molecule has 13 heavy (non-hydrogen) atoms. The molecule has 3 heteroatoms. The molecule has 2 nitrogen and oxygen atoms in total. The van der Waals surface area contributed by atoms with Crippen LogP contribution in [0.4, 0.5) is 0 Å². The van der Waals surface area contributed by atoms with E-state index < -0.39 is 5.97 Å². The molecule has 0 heterocycles. The predicted molar refractivity (Wildman–Crippen MR) is 53.3 cm³/mol. The fourth-order valence-electron chi connectivity index (χ4n) is 0.972. The molecule has 0 saturated carbocycles. The maximum absolute atomic E-state index is 10.6. The second kappa shape index (κ2) is 3.55. The highest BCUT2D eigenvalue weighted by Crippen LogP contribution is 2.19. The second-order valence-electron chi connectivity index (χ2n) is 2.62. The summed E-state index contributed by atoms with van der Waals surface area (Å²) < 4.78 is 0. The molecule has 0 aliphatic rings. The topological polar surface area (TPSA) is 37.3 Å². The number of thiol groups is 1. The van der Waals surface area contributed by atoms with Crippen molar-refractivity contribution in [3.05, 3.63) is 28.8 Å². The third-order valence-electron chi connectivity index (χ3n) is 1.78. The summed E-state index contributed by atoms with van der Waals surface area (Å²) >= 11 is 4.13. The SMILES string of the molecule is C#Cc1cc(C(=O)O)cc(S)c1C. The Morgan fingerprint density at radius 1 is 1.62 bits per heavy atom. The van der Waals surface area contributed by atoms with Crippen LogP contribution in [0.25, 0.3) is 0 Å². The molecule has 0 fully saturated rings. The molecule has 0 aliphatic carbocycles. The molecule has 0 aliphatic heterocycles. The van der Waals surface area contributed by atoms with E-state index >= 15 is 0 Å². The zero-order valence-corrected chi connectivity index (χ0v) is 7.93. The standard InChI is InChI=1S/C10H8O2S/c1-3-7-4-8(10(11)12)5-9(13)6(7)2/h1,4-5,13H,2H3,(H,11,12). The quantitative estimate of drug-likeness (QED) is 0.527. The van der Waals surface area contributed by atoms with Crippen molar-refractivity contribution in [2.75, 3.05) is 0 Å². The van der Waals surface area contributed by atoms with Crippen molar-refractivity contribution in [3.63, 3.8) is 0 Å². The van der Waals surface area contributed by atoms with E-state index in [1.165, 1.54) is 12.1 Å². The number of carbonyl (C=O) groups is 1. The fraction of sp³-hybridized carbons (Fsp3) is 0.100. The Morgan fingerprint density at radius 3 is 2.69 bits per heavy atom. The number of terminal acetylenes is 1. The van der Waals surface area contributed by atoms with Crippen molar-refractivity contribution in [2.24, 2.45) is 0 Å². The number of hydrogen-bond acceptors (Lipinski definition) is 2. The van der Waals surface area contributed by atoms with E-state index in [2.05, 4.69) is 18.5 Å². The van der Waals surface area contributed by atoms with Gasteiger partial charge in [0.15, 0.2) is 0 Å². The maximum Gasteiger partial charge on any atom is 0.335 e. The number of benzene rings is 1. The molecule has 1 rings (SSSR count). The lowest BCUT2D eigenvalue weighted by molar-refractivity contribution is 0.0696. The molecule has 0 aromatic heterocycles. The van der Waals surface area contributed by atoms with Crippen molar-refractivity contribution in [1.29, 1.82) is 0 Å². The minimum Gasteiger partial charge on any atom is -0.478 e. The van der Waals surface area contributed by atoms with E-state index in [1.54, 1.807) is 0 Å². The van der Waals surface area contributed by atoms with Gasteiger partial charge in [-0.15, -0.1) is 19.1 Å². The molecule has 0 atom stereocenters. The highest BCUT2D eigenvalue weighted by Gasteiger charge is 2.07. The lowest BCUT2D eigenvalue weighted by Gasteiger charge is -2.03. The van der Waals surface area contributed by atoms with E-state index in [9.17, 15) is 4.79 Å². The van der Waals surface area contributed by atoms with E-state index in [4.69, 9.17) is 11.5 Å². The number of carboxylic acids is 1. The Morgan fingerprint density at radius 2 is 2.23 bits per heavy atom. The smallest absolute Gasteiger partial charge is 0.335 e. The van der Waals surface area contributed by atoms with Gasteiger partial charge in [-0.25, -0.2) is 4.79 Å². The van der Waals surface area contributed by atoms with Crippen LogP contribution >= 0.6 is 12.6 Å². The van der Waals surface area contributed by atoms with Gasteiger partial charge < -0.3 is 5.11 Å². The molecule has 66 valence electrons. The predicted octanol–water partition coefficient (Wildman–Crippen LogP) is 1.96. The molecule has 0 amide bonds. The Balaban J connectivity index is 3.41. The molecule has 0 spiro atoms. The van der Waals surface area contributed by atoms with Crippen molar-refractivity contribution in [2.45, 2.75) is 11.8 Å². The van der Waals surface area contributed by atoms with Crippen molar-refractivity contribution in [1.82, 2.24) is 0 Å². The van der Waals surface area contributed by atoms with Crippen LogP contribution in [0.1, 0.15) is 21.5 Å². The van der Waals surface area contributed by atoms with Crippen molar-refractivity contribution in [3.8, 4) is 12.3 Å². The summed E-state index contributed by atoms with van der Waals surface area (Å²) in [5.74, 6) is 1.43. The van der Waals surface area contributed by atoms with Gasteiger partial charge >= 0.3 is 5.97 Å². The van der Waals surface area contributed by atoms with Crippen LogP contribution in [0.5, 0.6) is 0 Å². The first-order chi connectivity index (χ1) is 6.06. The monoisotopic (exact) mass is 192 g/mol. The average Bonchev–Trinajstić information content (AvgIpc) is 2.09.